The van der Waals surface area contributed by atoms with Crippen molar-refractivity contribution in [3.8, 4) is 0 Å². The SMILES string of the molecule is CC1CC(CC(O)CO)C([C]=O)=CO1. The van der Waals surface area contributed by atoms with Crippen molar-refractivity contribution in [3.63, 3.8) is 0 Å². The second kappa shape index (κ2) is 5.12. The molecule has 2 N–H and O–H groups in total. The van der Waals surface area contributed by atoms with Gasteiger partial charge in [0.1, 0.15) is 0 Å². The van der Waals surface area contributed by atoms with Crippen LogP contribution in [0.15, 0.2) is 11.8 Å². The van der Waals surface area contributed by atoms with E-state index in [0.717, 1.165) is 0 Å². The van der Waals surface area contributed by atoms with Crippen LogP contribution < -0.4 is 0 Å². The van der Waals surface area contributed by atoms with Crippen LogP contribution in [0.1, 0.15) is 19.8 Å². The molecule has 0 saturated heterocycles. The molecule has 0 amide bonds. The molecule has 0 saturated carbocycles. The predicted octanol–water partition coefficient (Wildman–Crippen LogP) is 0.148. The van der Waals surface area contributed by atoms with Gasteiger partial charge in [-0.3, -0.25) is 4.79 Å². The molecule has 0 aliphatic carbocycles. The minimum atomic E-state index is -0.776. The number of allylic oxidation sites excluding steroid dienone is 1. The van der Waals surface area contributed by atoms with E-state index in [9.17, 15) is 9.90 Å². The van der Waals surface area contributed by atoms with Gasteiger partial charge < -0.3 is 14.9 Å². The van der Waals surface area contributed by atoms with Crippen LogP contribution in [0, 0.1) is 5.92 Å². The van der Waals surface area contributed by atoms with Gasteiger partial charge in [0.05, 0.1) is 25.1 Å². The molecule has 1 aliphatic heterocycles. The normalized spacial score (nSPS) is 28.9. The summed E-state index contributed by atoms with van der Waals surface area (Å²) in [6.45, 7) is 1.62. The van der Waals surface area contributed by atoms with E-state index in [-0.39, 0.29) is 18.6 Å². The summed E-state index contributed by atoms with van der Waals surface area (Å²) in [5.41, 5.74) is 0.440. The maximum atomic E-state index is 10.5. The Balaban J connectivity index is 2.60. The highest BCUT2D eigenvalue weighted by Crippen LogP contribution is 2.27. The van der Waals surface area contributed by atoms with Crippen molar-refractivity contribution in [1.29, 1.82) is 0 Å². The first kappa shape index (κ1) is 11.2. The Bertz CT molecular complexity index is 224. The van der Waals surface area contributed by atoms with E-state index in [0.29, 0.717) is 18.4 Å². The predicted molar refractivity (Wildman–Crippen MR) is 50.1 cm³/mol. The maximum Gasteiger partial charge on any atom is 0.232 e. The van der Waals surface area contributed by atoms with Gasteiger partial charge in [-0.1, -0.05) is 0 Å². The molecule has 0 aromatic rings. The lowest BCUT2D eigenvalue weighted by atomic mass is 9.88. The van der Waals surface area contributed by atoms with E-state index in [4.69, 9.17) is 9.84 Å². The highest BCUT2D eigenvalue weighted by molar-refractivity contribution is 5.74. The lowest BCUT2D eigenvalue weighted by Crippen LogP contribution is -2.25. The number of rotatable bonds is 4. The van der Waals surface area contributed by atoms with Crippen LogP contribution in [0.2, 0.25) is 0 Å². The molecule has 1 aliphatic rings. The zero-order chi connectivity index (χ0) is 10.6. The first-order chi connectivity index (χ1) is 6.67. The van der Waals surface area contributed by atoms with Crippen LogP contribution in [0.4, 0.5) is 0 Å². The lowest BCUT2D eigenvalue weighted by Gasteiger charge is -2.26. The van der Waals surface area contributed by atoms with E-state index in [1.165, 1.54) is 6.26 Å². The highest BCUT2D eigenvalue weighted by atomic mass is 16.5. The van der Waals surface area contributed by atoms with Crippen molar-refractivity contribution in [2.45, 2.75) is 32.0 Å². The molecule has 0 aromatic heterocycles. The largest absolute Gasteiger partial charge is 0.498 e. The van der Waals surface area contributed by atoms with Crippen LogP contribution in [0.25, 0.3) is 0 Å². The third kappa shape index (κ3) is 2.82. The third-order valence-corrected chi connectivity index (χ3v) is 2.37. The smallest absolute Gasteiger partial charge is 0.232 e. The molecule has 79 valence electrons. The van der Waals surface area contributed by atoms with Crippen molar-refractivity contribution in [3.05, 3.63) is 11.8 Å². The fourth-order valence-electron chi connectivity index (χ4n) is 1.60. The minimum absolute atomic E-state index is 0.0444. The molecule has 0 aromatic carbocycles. The van der Waals surface area contributed by atoms with Crippen LogP contribution in [-0.4, -0.2) is 35.3 Å². The Morgan fingerprint density at radius 2 is 2.50 bits per heavy atom. The van der Waals surface area contributed by atoms with Gasteiger partial charge in [0.25, 0.3) is 0 Å². The molecule has 0 fully saturated rings. The topological polar surface area (TPSA) is 66.8 Å². The second-order valence-corrected chi connectivity index (χ2v) is 3.63. The summed E-state index contributed by atoms with van der Waals surface area (Å²) in [6.07, 6.45) is 3.52. The second-order valence-electron chi connectivity index (χ2n) is 3.63. The monoisotopic (exact) mass is 199 g/mol. The van der Waals surface area contributed by atoms with Crippen molar-refractivity contribution < 1.29 is 19.7 Å². The first-order valence-corrected chi connectivity index (χ1v) is 4.70. The number of aliphatic hydroxyl groups excluding tert-OH is 2. The average molecular weight is 199 g/mol. The Labute approximate surface area is 83.2 Å². The van der Waals surface area contributed by atoms with Crippen molar-refractivity contribution >= 4 is 6.29 Å². The molecule has 1 heterocycles. The molecule has 3 unspecified atom stereocenters. The minimum Gasteiger partial charge on any atom is -0.498 e. The Kier molecular flexibility index (Phi) is 4.10. The van der Waals surface area contributed by atoms with E-state index in [1.54, 1.807) is 6.29 Å². The summed E-state index contributed by atoms with van der Waals surface area (Å²) in [4.78, 5) is 10.5. The highest BCUT2D eigenvalue weighted by Gasteiger charge is 2.25. The maximum absolute atomic E-state index is 10.5. The molecule has 0 spiro atoms. The van der Waals surface area contributed by atoms with E-state index < -0.39 is 6.10 Å². The van der Waals surface area contributed by atoms with Gasteiger partial charge in [-0.05, 0) is 25.7 Å². The average Bonchev–Trinajstić information content (AvgIpc) is 2.18. The standard InChI is InChI=1S/C10H15O4/c1-7-2-8(3-10(13)5-12)9(4-11)6-14-7/h6-8,10,12-13H,2-3,5H2,1H3. The van der Waals surface area contributed by atoms with E-state index >= 15 is 0 Å². The summed E-state index contributed by atoms with van der Waals surface area (Å²) < 4.78 is 5.16. The van der Waals surface area contributed by atoms with Gasteiger partial charge in [0, 0.05) is 5.57 Å². The van der Waals surface area contributed by atoms with Gasteiger partial charge in [0.2, 0.25) is 6.29 Å². The van der Waals surface area contributed by atoms with Gasteiger partial charge >= 0.3 is 0 Å². The zero-order valence-corrected chi connectivity index (χ0v) is 8.14. The van der Waals surface area contributed by atoms with E-state index in [2.05, 4.69) is 0 Å². The fraction of sp³-hybridized carbons (Fsp3) is 0.700. The van der Waals surface area contributed by atoms with Crippen molar-refractivity contribution in [1.82, 2.24) is 0 Å². The molecular weight excluding hydrogens is 184 g/mol. The Morgan fingerprint density at radius 3 is 3.07 bits per heavy atom. The molecule has 14 heavy (non-hydrogen) atoms. The van der Waals surface area contributed by atoms with Crippen LogP contribution in [0.3, 0.4) is 0 Å². The number of aliphatic hydroxyl groups is 2. The van der Waals surface area contributed by atoms with Crippen molar-refractivity contribution in [2.24, 2.45) is 5.92 Å². The molecular formula is C10H15O4. The number of carbonyl (C=O) groups excluding carboxylic acids is 1. The Morgan fingerprint density at radius 1 is 1.79 bits per heavy atom. The summed E-state index contributed by atoms with van der Waals surface area (Å²) in [6, 6.07) is 0. The zero-order valence-electron chi connectivity index (χ0n) is 8.14. The summed E-state index contributed by atoms with van der Waals surface area (Å²) >= 11 is 0. The molecule has 4 heteroatoms. The van der Waals surface area contributed by atoms with Crippen LogP contribution >= 0.6 is 0 Å². The lowest BCUT2D eigenvalue weighted by molar-refractivity contribution is 0.0585. The number of hydrogen-bond acceptors (Lipinski definition) is 4. The van der Waals surface area contributed by atoms with Crippen LogP contribution in [-0.2, 0) is 9.53 Å². The third-order valence-electron chi connectivity index (χ3n) is 2.37. The summed E-state index contributed by atoms with van der Waals surface area (Å²) in [7, 11) is 0. The summed E-state index contributed by atoms with van der Waals surface area (Å²) in [5.74, 6) is -0.0570. The summed E-state index contributed by atoms with van der Waals surface area (Å²) in [5, 5.41) is 18.0. The number of hydrogen-bond donors (Lipinski definition) is 2. The first-order valence-electron chi connectivity index (χ1n) is 4.70. The Hall–Kier alpha value is -0.870. The van der Waals surface area contributed by atoms with Gasteiger partial charge in [0.15, 0.2) is 0 Å². The molecule has 0 bridgehead atoms. The molecule has 1 radical (unpaired) electrons. The van der Waals surface area contributed by atoms with Gasteiger partial charge in [-0.25, -0.2) is 0 Å². The molecule has 4 nitrogen and oxygen atoms in total. The number of ether oxygens (including phenoxy) is 1. The van der Waals surface area contributed by atoms with E-state index in [1.807, 2.05) is 6.92 Å². The van der Waals surface area contributed by atoms with Gasteiger partial charge in [-0.15, -0.1) is 0 Å². The van der Waals surface area contributed by atoms with Crippen molar-refractivity contribution in [2.75, 3.05) is 6.61 Å². The molecule has 3 atom stereocenters. The van der Waals surface area contributed by atoms with Gasteiger partial charge in [-0.2, -0.15) is 0 Å². The molecule has 1 rings (SSSR count). The quantitative estimate of drug-likeness (QED) is 0.676. The van der Waals surface area contributed by atoms with Crippen LogP contribution in [0.5, 0.6) is 0 Å². The fourth-order valence-corrected chi connectivity index (χ4v) is 1.60.